The Morgan fingerprint density at radius 2 is 1.59 bits per heavy atom. The molecular weight excluding hydrogens is 424 g/mol. The first kappa shape index (κ1) is 21.7. The molecule has 0 saturated heterocycles. The lowest BCUT2D eigenvalue weighted by Gasteiger charge is -2.15. The first-order valence-corrected chi connectivity index (χ1v) is 10.7. The van der Waals surface area contributed by atoms with Crippen LogP contribution in [0.5, 0.6) is 5.75 Å². The number of para-hydroxylation sites is 1. The largest absolute Gasteiger partial charge is 0.491 e. The standard InChI is InChI=1S/C26H23ClN2O3/c1-16(2)32-21-13-10-18(11-14-21)23-24(28-22-15-19(27)12-9-17(22)3)26(31)29(25(23)30)20-7-5-4-6-8-20/h4-16,28H,1-3H3. The molecule has 162 valence electrons. The molecule has 0 radical (unpaired) electrons. The van der Waals surface area contributed by atoms with Gasteiger partial charge in [0.05, 0.1) is 17.4 Å². The Morgan fingerprint density at radius 3 is 2.25 bits per heavy atom. The molecule has 0 atom stereocenters. The molecule has 1 heterocycles. The highest BCUT2D eigenvalue weighted by Crippen LogP contribution is 2.35. The summed E-state index contributed by atoms with van der Waals surface area (Å²) in [5.41, 5.74) is 3.22. The van der Waals surface area contributed by atoms with Gasteiger partial charge in [0.2, 0.25) is 0 Å². The van der Waals surface area contributed by atoms with E-state index in [0.29, 0.717) is 33.3 Å². The van der Waals surface area contributed by atoms with Crippen LogP contribution in [0.3, 0.4) is 0 Å². The van der Waals surface area contributed by atoms with Gasteiger partial charge in [0.15, 0.2) is 0 Å². The highest BCUT2D eigenvalue weighted by atomic mass is 35.5. The summed E-state index contributed by atoms with van der Waals surface area (Å²) in [6.45, 7) is 5.80. The normalized spacial score (nSPS) is 13.8. The quantitative estimate of drug-likeness (QED) is 0.484. The van der Waals surface area contributed by atoms with Crippen LogP contribution in [0.4, 0.5) is 11.4 Å². The van der Waals surface area contributed by atoms with E-state index >= 15 is 0 Å². The van der Waals surface area contributed by atoms with Crippen LogP contribution in [0.25, 0.3) is 5.57 Å². The zero-order chi connectivity index (χ0) is 22.8. The second kappa shape index (κ2) is 8.89. The molecule has 1 N–H and O–H groups in total. The van der Waals surface area contributed by atoms with E-state index in [2.05, 4.69) is 5.32 Å². The Kier molecular flexibility index (Phi) is 6.01. The fourth-order valence-electron chi connectivity index (χ4n) is 3.56. The molecule has 0 saturated carbocycles. The molecule has 0 fully saturated rings. The minimum Gasteiger partial charge on any atom is -0.491 e. The van der Waals surface area contributed by atoms with Crippen LogP contribution in [0, 0.1) is 6.92 Å². The number of hydrogen-bond acceptors (Lipinski definition) is 4. The Balaban J connectivity index is 1.80. The zero-order valence-electron chi connectivity index (χ0n) is 18.1. The maximum atomic E-state index is 13.5. The summed E-state index contributed by atoms with van der Waals surface area (Å²) in [4.78, 5) is 28.1. The van der Waals surface area contributed by atoms with Gasteiger partial charge in [0.1, 0.15) is 11.4 Å². The summed E-state index contributed by atoms with van der Waals surface area (Å²) >= 11 is 6.17. The maximum Gasteiger partial charge on any atom is 0.282 e. The number of imide groups is 1. The summed E-state index contributed by atoms with van der Waals surface area (Å²) in [7, 11) is 0. The van der Waals surface area contributed by atoms with Crippen molar-refractivity contribution < 1.29 is 14.3 Å². The van der Waals surface area contributed by atoms with Crippen molar-refractivity contribution >= 4 is 40.4 Å². The molecule has 1 aliphatic rings. The third-order valence-corrected chi connectivity index (χ3v) is 5.31. The Bertz CT molecular complexity index is 1200. The first-order valence-electron chi connectivity index (χ1n) is 10.3. The lowest BCUT2D eigenvalue weighted by atomic mass is 10.0. The van der Waals surface area contributed by atoms with Gasteiger partial charge >= 0.3 is 0 Å². The van der Waals surface area contributed by atoms with Gasteiger partial charge < -0.3 is 10.1 Å². The van der Waals surface area contributed by atoms with E-state index in [1.54, 1.807) is 60.7 Å². The van der Waals surface area contributed by atoms with Gasteiger partial charge in [-0.1, -0.05) is 48.0 Å². The van der Waals surface area contributed by atoms with E-state index in [1.165, 1.54) is 4.90 Å². The number of nitrogens with zero attached hydrogens (tertiary/aromatic N) is 1. The predicted octanol–water partition coefficient (Wildman–Crippen LogP) is 5.83. The van der Waals surface area contributed by atoms with Crippen molar-refractivity contribution in [3.05, 3.63) is 94.6 Å². The van der Waals surface area contributed by atoms with E-state index < -0.39 is 5.91 Å². The molecule has 0 aliphatic carbocycles. The number of nitrogens with one attached hydrogen (secondary N) is 1. The van der Waals surface area contributed by atoms with E-state index in [-0.39, 0.29) is 17.7 Å². The lowest BCUT2D eigenvalue weighted by molar-refractivity contribution is -0.120. The Hall–Kier alpha value is -3.57. The Morgan fingerprint density at radius 1 is 0.906 bits per heavy atom. The zero-order valence-corrected chi connectivity index (χ0v) is 18.8. The molecule has 4 rings (SSSR count). The van der Waals surface area contributed by atoms with E-state index in [0.717, 1.165) is 5.56 Å². The van der Waals surface area contributed by atoms with Crippen molar-refractivity contribution in [2.45, 2.75) is 26.9 Å². The molecule has 32 heavy (non-hydrogen) atoms. The fourth-order valence-corrected chi connectivity index (χ4v) is 3.73. The number of ether oxygens (including phenoxy) is 1. The summed E-state index contributed by atoms with van der Waals surface area (Å²) in [6.07, 6.45) is 0.0337. The number of rotatable bonds is 6. The highest BCUT2D eigenvalue weighted by molar-refractivity contribution is 6.46. The minimum atomic E-state index is -0.418. The van der Waals surface area contributed by atoms with Crippen molar-refractivity contribution in [2.75, 3.05) is 10.2 Å². The summed E-state index contributed by atoms with van der Waals surface area (Å²) < 4.78 is 5.71. The van der Waals surface area contributed by atoms with E-state index in [1.807, 2.05) is 32.9 Å². The lowest BCUT2D eigenvalue weighted by Crippen LogP contribution is -2.32. The molecule has 2 amide bonds. The van der Waals surface area contributed by atoms with Crippen LogP contribution >= 0.6 is 11.6 Å². The smallest absolute Gasteiger partial charge is 0.282 e. The summed E-state index contributed by atoms with van der Waals surface area (Å²) in [5.74, 6) is -0.111. The van der Waals surface area contributed by atoms with Crippen molar-refractivity contribution in [3.63, 3.8) is 0 Å². The molecule has 5 nitrogen and oxygen atoms in total. The third-order valence-electron chi connectivity index (χ3n) is 5.07. The fraction of sp³-hybridized carbons (Fsp3) is 0.154. The van der Waals surface area contributed by atoms with Gasteiger partial charge in [-0.2, -0.15) is 0 Å². The molecule has 0 unspecified atom stereocenters. The van der Waals surface area contributed by atoms with Gasteiger partial charge in [-0.3, -0.25) is 9.59 Å². The number of benzene rings is 3. The minimum absolute atomic E-state index is 0.0337. The number of aryl methyl sites for hydroxylation is 1. The number of hydrogen-bond donors (Lipinski definition) is 1. The van der Waals surface area contributed by atoms with Crippen molar-refractivity contribution in [1.82, 2.24) is 0 Å². The molecular formula is C26H23ClN2O3. The number of carbonyl (C=O) groups excluding carboxylic acids is 2. The van der Waals surface area contributed by atoms with Gasteiger partial charge in [-0.25, -0.2) is 4.90 Å². The van der Waals surface area contributed by atoms with Crippen LogP contribution < -0.4 is 15.0 Å². The van der Waals surface area contributed by atoms with Gasteiger partial charge in [-0.15, -0.1) is 0 Å². The van der Waals surface area contributed by atoms with Crippen molar-refractivity contribution in [2.24, 2.45) is 0 Å². The number of carbonyl (C=O) groups is 2. The molecule has 3 aromatic rings. The number of halogens is 1. The summed E-state index contributed by atoms with van der Waals surface area (Å²) in [6, 6.07) is 21.5. The predicted molar refractivity (Wildman–Crippen MR) is 128 cm³/mol. The highest BCUT2D eigenvalue weighted by Gasteiger charge is 2.40. The van der Waals surface area contributed by atoms with Crippen molar-refractivity contribution in [1.29, 1.82) is 0 Å². The van der Waals surface area contributed by atoms with Gasteiger partial charge in [-0.05, 0) is 68.3 Å². The molecule has 0 spiro atoms. The number of amides is 2. The van der Waals surface area contributed by atoms with E-state index in [4.69, 9.17) is 16.3 Å². The van der Waals surface area contributed by atoms with Crippen LogP contribution in [0.1, 0.15) is 25.0 Å². The van der Waals surface area contributed by atoms with Gasteiger partial charge in [0, 0.05) is 10.7 Å². The monoisotopic (exact) mass is 446 g/mol. The molecule has 6 heteroatoms. The van der Waals surface area contributed by atoms with Crippen LogP contribution in [0.2, 0.25) is 5.02 Å². The molecule has 1 aliphatic heterocycles. The topological polar surface area (TPSA) is 58.6 Å². The van der Waals surface area contributed by atoms with Crippen LogP contribution in [-0.4, -0.2) is 17.9 Å². The molecule has 0 bridgehead atoms. The number of anilines is 2. The Labute approximate surface area is 192 Å². The third kappa shape index (κ3) is 4.25. The maximum absolute atomic E-state index is 13.5. The van der Waals surface area contributed by atoms with Gasteiger partial charge in [0.25, 0.3) is 11.8 Å². The average Bonchev–Trinajstić information content (AvgIpc) is 3.01. The molecule has 0 aromatic heterocycles. The second-order valence-electron chi connectivity index (χ2n) is 7.81. The second-order valence-corrected chi connectivity index (χ2v) is 8.24. The SMILES string of the molecule is Cc1ccc(Cl)cc1NC1=C(c2ccc(OC(C)C)cc2)C(=O)N(c2ccccc2)C1=O. The van der Waals surface area contributed by atoms with Crippen LogP contribution in [-0.2, 0) is 9.59 Å². The molecule has 3 aromatic carbocycles. The average molecular weight is 447 g/mol. The van der Waals surface area contributed by atoms with E-state index in [9.17, 15) is 9.59 Å². The first-order chi connectivity index (χ1) is 15.3. The van der Waals surface area contributed by atoms with Crippen LogP contribution in [0.15, 0.2) is 78.5 Å². The van der Waals surface area contributed by atoms with Crippen molar-refractivity contribution in [3.8, 4) is 5.75 Å². The summed E-state index contributed by atoms with van der Waals surface area (Å²) in [5, 5.41) is 3.71.